The number of thioether (sulfide) groups is 1. The van der Waals surface area contributed by atoms with Crippen LogP contribution in [0, 0.1) is 17.4 Å². The molecule has 1 aliphatic heterocycles. The number of rotatable bonds is 12. The molecule has 1 aliphatic rings. The Morgan fingerprint density at radius 2 is 1.77 bits per heavy atom. The standard InChI is InChI=1S/C33H35IN2O6S/c1-6-40-28-17-23(16-26(34)31(28)42-19-30(37)35-24-9-7-8-21(4)14-24)18-29-32(38)36(33(39)43-29)12-13-41-27-15-22(5)10-11-25(27)20(2)3/h7-11,14-18,20H,6,12-13,19H2,1-5H3,(H,35,37)/b29-18-. The average Bonchev–Trinajstić information content (AvgIpc) is 3.20. The summed E-state index contributed by atoms with van der Waals surface area (Å²) >= 11 is 3.00. The molecular weight excluding hydrogens is 679 g/mol. The first-order chi connectivity index (χ1) is 20.5. The van der Waals surface area contributed by atoms with E-state index in [9.17, 15) is 14.4 Å². The van der Waals surface area contributed by atoms with Crippen molar-refractivity contribution < 1.29 is 28.6 Å². The molecule has 1 N–H and O–H groups in total. The molecule has 4 rings (SSSR count). The van der Waals surface area contributed by atoms with Crippen LogP contribution < -0.4 is 19.5 Å². The quantitative estimate of drug-likeness (QED) is 0.153. The Morgan fingerprint density at radius 1 is 1.00 bits per heavy atom. The highest BCUT2D eigenvalue weighted by atomic mass is 127. The van der Waals surface area contributed by atoms with E-state index in [-0.39, 0.29) is 42.7 Å². The zero-order chi connectivity index (χ0) is 31.1. The van der Waals surface area contributed by atoms with Gasteiger partial charge in [0, 0.05) is 5.69 Å². The molecule has 3 aromatic rings. The molecule has 1 saturated heterocycles. The molecule has 3 aromatic carbocycles. The van der Waals surface area contributed by atoms with Crippen LogP contribution in [0.4, 0.5) is 10.5 Å². The van der Waals surface area contributed by atoms with Gasteiger partial charge < -0.3 is 19.5 Å². The Labute approximate surface area is 270 Å². The van der Waals surface area contributed by atoms with E-state index in [1.54, 1.807) is 12.1 Å². The number of carbonyl (C=O) groups excluding carboxylic acids is 3. The summed E-state index contributed by atoms with van der Waals surface area (Å²) in [6.45, 7) is 10.5. The summed E-state index contributed by atoms with van der Waals surface area (Å²) < 4.78 is 18.4. The summed E-state index contributed by atoms with van der Waals surface area (Å²) in [6.07, 6.45) is 1.67. The van der Waals surface area contributed by atoms with E-state index in [2.05, 4.69) is 41.8 Å². The molecule has 0 atom stereocenters. The Hall–Kier alpha value is -3.51. The zero-order valence-corrected chi connectivity index (χ0v) is 27.8. The number of ether oxygens (including phenoxy) is 3. The van der Waals surface area contributed by atoms with Gasteiger partial charge in [-0.15, -0.1) is 0 Å². The van der Waals surface area contributed by atoms with Crippen LogP contribution in [0.5, 0.6) is 17.2 Å². The first-order valence-electron chi connectivity index (χ1n) is 14.0. The van der Waals surface area contributed by atoms with Gasteiger partial charge in [0.25, 0.3) is 17.1 Å². The second kappa shape index (κ2) is 14.8. The fraction of sp³-hybridized carbons (Fsp3) is 0.303. The molecule has 0 aromatic heterocycles. The molecule has 0 radical (unpaired) electrons. The number of imide groups is 1. The van der Waals surface area contributed by atoms with Crippen LogP contribution in [0.1, 0.15) is 48.9 Å². The summed E-state index contributed by atoms with van der Waals surface area (Å²) in [7, 11) is 0. The molecule has 0 unspecified atom stereocenters. The summed E-state index contributed by atoms with van der Waals surface area (Å²) in [5.41, 5.74) is 4.57. The first kappa shape index (κ1) is 32.4. The lowest BCUT2D eigenvalue weighted by Crippen LogP contribution is -2.32. The summed E-state index contributed by atoms with van der Waals surface area (Å²) in [5.74, 6) is 1.26. The molecule has 8 nitrogen and oxygen atoms in total. The van der Waals surface area contributed by atoms with Crippen molar-refractivity contribution in [2.45, 2.75) is 40.5 Å². The molecule has 3 amide bonds. The van der Waals surface area contributed by atoms with Crippen molar-refractivity contribution in [3.8, 4) is 17.2 Å². The Bertz CT molecular complexity index is 1550. The second-order valence-corrected chi connectivity index (χ2v) is 12.5. The van der Waals surface area contributed by atoms with Gasteiger partial charge in [-0.2, -0.15) is 0 Å². The summed E-state index contributed by atoms with van der Waals surface area (Å²) in [6, 6.07) is 17.1. The lowest BCUT2D eigenvalue weighted by atomic mass is 10.0. The number of anilines is 1. The minimum Gasteiger partial charge on any atom is -0.491 e. The van der Waals surface area contributed by atoms with Crippen LogP contribution in [0.3, 0.4) is 0 Å². The molecule has 0 saturated carbocycles. The number of nitrogens with zero attached hydrogens (tertiary/aromatic N) is 1. The second-order valence-electron chi connectivity index (χ2n) is 10.3. The van der Waals surface area contributed by atoms with E-state index in [1.807, 2.05) is 69.3 Å². The van der Waals surface area contributed by atoms with Gasteiger partial charge >= 0.3 is 0 Å². The van der Waals surface area contributed by atoms with Crippen molar-refractivity contribution >= 4 is 63.2 Å². The molecule has 0 spiro atoms. The normalized spacial score (nSPS) is 14.0. The maximum absolute atomic E-state index is 13.2. The number of amides is 3. The van der Waals surface area contributed by atoms with Gasteiger partial charge in [0.05, 0.1) is 21.6 Å². The van der Waals surface area contributed by atoms with E-state index in [0.29, 0.717) is 37.8 Å². The van der Waals surface area contributed by atoms with E-state index in [1.165, 1.54) is 4.90 Å². The molecular formula is C33H35IN2O6S. The number of nitrogens with one attached hydrogen (secondary N) is 1. The van der Waals surface area contributed by atoms with Crippen LogP contribution in [0.2, 0.25) is 0 Å². The van der Waals surface area contributed by atoms with Crippen molar-refractivity contribution in [3.63, 3.8) is 0 Å². The van der Waals surface area contributed by atoms with Crippen LogP contribution in [-0.2, 0) is 9.59 Å². The van der Waals surface area contributed by atoms with Crippen LogP contribution in [0.15, 0.2) is 59.5 Å². The number of halogens is 1. The number of hydrogen-bond donors (Lipinski definition) is 1. The Kier molecular flexibility index (Phi) is 11.1. The third kappa shape index (κ3) is 8.54. The zero-order valence-electron chi connectivity index (χ0n) is 24.9. The van der Waals surface area contributed by atoms with Gasteiger partial charge in [-0.25, -0.2) is 0 Å². The number of hydrogen-bond acceptors (Lipinski definition) is 7. The molecule has 0 bridgehead atoms. The first-order valence-corrected chi connectivity index (χ1v) is 15.9. The van der Waals surface area contributed by atoms with Gasteiger partial charge in [-0.05, 0) is 120 Å². The predicted octanol–water partition coefficient (Wildman–Crippen LogP) is 7.56. The molecule has 1 fully saturated rings. The molecule has 226 valence electrons. The third-order valence-electron chi connectivity index (χ3n) is 6.52. The van der Waals surface area contributed by atoms with E-state index >= 15 is 0 Å². The van der Waals surface area contributed by atoms with Crippen molar-refractivity contribution in [2.24, 2.45) is 0 Å². The van der Waals surface area contributed by atoms with Gasteiger partial charge in [0.2, 0.25) is 0 Å². The maximum Gasteiger partial charge on any atom is 0.293 e. The molecule has 0 aliphatic carbocycles. The largest absolute Gasteiger partial charge is 0.491 e. The topological polar surface area (TPSA) is 94.2 Å². The van der Waals surface area contributed by atoms with E-state index < -0.39 is 0 Å². The minimum atomic E-state index is -0.368. The highest BCUT2D eigenvalue weighted by Gasteiger charge is 2.35. The molecule has 10 heteroatoms. The minimum absolute atomic E-state index is 0.145. The van der Waals surface area contributed by atoms with E-state index in [4.69, 9.17) is 14.2 Å². The summed E-state index contributed by atoms with van der Waals surface area (Å²) in [5, 5.41) is 2.49. The lowest BCUT2D eigenvalue weighted by Gasteiger charge is -2.17. The third-order valence-corrected chi connectivity index (χ3v) is 8.22. The van der Waals surface area contributed by atoms with Crippen molar-refractivity contribution in [2.75, 3.05) is 31.7 Å². The number of carbonyl (C=O) groups is 3. The van der Waals surface area contributed by atoms with Crippen LogP contribution >= 0.6 is 34.4 Å². The van der Waals surface area contributed by atoms with Crippen LogP contribution in [0.25, 0.3) is 6.08 Å². The number of aryl methyl sites for hydroxylation is 2. The fourth-order valence-corrected chi connectivity index (χ4v) is 6.11. The number of benzene rings is 3. The average molecular weight is 715 g/mol. The van der Waals surface area contributed by atoms with Crippen molar-refractivity contribution in [1.29, 1.82) is 0 Å². The fourth-order valence-electron chi connectivity index (χ4n) is 4.47. The van der Waals surface area contributed by atoms with Crippen LogP contribution in [-0.4, -0.2) is 48.3 Å². The highest BCUT2D eigenvalue weighted by molar-refractivity contribution is 14.1. The summed E-state index contributed by atoms with van der Waals surface area (Å²) in [4.78, 5) is 39.9. The highest BCUT2D eigenvalue weighted by Crippen LogP contribution is 2.37. The van der Waals surface area contributed by atoms with Gasteiger partial charge in [-0.1, -0.05) is 38.1 Å². The van der Waals surface area contributed by atoms with Crippen molar-refractivity contribution in [1.82, 2.24) is 4.90 Å². The van der Waals surface area contributed by atoms with Crippen molar-refractivity contribution in [3.05, 3.63) is 85.3 Å². The smallest absolute Gasteiger partial charge is 0.293 e. The van der Waals surface area contributed by atoms with Gasteiger partial charge in [-0.3, -0.25) is 19.3 Å². The van der Waals surface area contributed by atoms with E-state index in [0.717, 1.165) is 34.2 Å². The predicted molar refractivity (Wildman–Crippen MR) is 179 cm³/mol. The lowest BCUT2D eigenvalue weighted by molar-refractivity contribution is -0.123. The Morgan fingerprint density at radius 3 is 2.49 bits per heavy atom. The SMILES string of the molecule is CCOc1cc(/C=C2\SC(=O)N(CCOc3cc(C)ccc3C(C)C)C2=O)cc(I)c1OCC(=O)Nc1cccc(C)c1. The maximum atomic E-state index is 13.2. The van der Waals surface area contributed by atoms with Gasteiger partial charge in [0.15, 0.2) is 18.1 Å². The molecule has 43 heavy (non-hydrogen) atoms. The Balaban J connectivity index is 1.43. The van der Waals surface area contributed by atoms with Gasteiger partial charge in [0.1, 0.15) is 12.4 Å². The monoisotopic (exact) mass is 714 g/mol. The molecule has 1 heterocycles.